The molecular formula is C27H30N4O2S. The second kappa shape index (κ2) is 8.22. The molecule has 2 heterocycles. The zero-order valence-electron chi connectivity index (χ0n) is 19.7. The summed E-state index contributed by atoms with van der Waals surface area (Å²) in [5.74, 6) is 2.88. The summed E-state index contributed by atoms with van der Waals surface area (Å²) in [6.45, 7) is 3.88. The molecule has 6 nitrogen and oxygen atoms in total. The highest BCUT2D eigenvalue weighted by atomic mass is 32.2. The van der Waals surface area contributed by atoms with Crippen LogP contribution < -0.4 is 10.9 Å². The van der Waals surface area contributed by atoms with Crippen molar-refractivity contribution in [2.45, 2.75) is 68.3 Å². The van der Waals surface area contributed by atoms with Crippen LogP contribution in [0, 0.1) is 24.7 Å². The number of aromatic nitrogens is 3. The van der Waals surface area contributed by atoms with Gasteiger partial charge in [0.05, 0.1) is 16.2 Å². The number of fused-ring (bicyclic) bond motifs is 1. The van der Waals surface area contributed by atoms with E-state index in [2.05, 4.69) is 10.3 Å². The lowest BCUT2D eigenvalue weighted by Crippen LogP contribution is -2.60. The van der Waals surface area contributed by atoms with E-state index in [-0.39, 0.29) is 22.3 Å². The van der Waals surface area contributed by atoms with Gasteiger partial charge in [-0.15, -0.1) is 0 Å². The van der Waals surface area contributed by atoms with Crippen LogP contribution in [0.5, 0.6) is 0 Å². The highest BCUT2D eigenvalue weighted by Crippen LogP contribution is 2.55. The van der Waals surface area contributed by atoms with Gasteiger partial charge in [0.15, 0.2) is 5.16 Å². The van der Waals surface area contributed by atoms with Gasteiger partial charge in [-0.2, -0.15) is 0 Å². The third kappa shape index (κ3) is 3.84. The minimum Gasteiger partial charge on any atom is -0.350 e. The fourth-order valence-corrected chi connectivity index (χ4v) is 7.79. The smallest absolute Gasteiger partial charge is 0.267 e. The fourth-order valence-electron chi connectivity index (χ4n) is 6.87. The fraction of sp³-hybridized carbons (Fsp3) is 0.481. The molecule has 4 bridgehead atoms. The predicted molar refractivity (Wildman–Crippen MR) is 134 cm³/mol. The van der Waals surface area contributed by atoms with Crippen LogP contribution in [0.25, 0.3) is 16.7 Å². The third-order valence-electron chi connectivity index (χ3n) is 7.95. The zero-order chi connectivity index (χ0) is 23.4. The Morgan fingerprint density at radius 2 is 1.79 bits per heavy atom. The quantitative estimate of drug-likeness (QED) is 0.430. The van der Waals surface area contributed by atoms with E-state index in [0.29, 0.717) is 21.9 Å². The van der Waals surface area contributed by atoms with Gasteiger partial charge in [0.2, 0.25) is 5.91 Å². The van der Waals surface area contributed by atoms with Gasteiger partial charge in [0.25, 0.3) is 5.56 Å². The molecule has 0 aliphatic heterocycles. The molecular weight excluding hydrogens is 444 g/mol. The number of hydrogen-bond donors (Lipinski definition) is 1. The van der Waals surface area contributed by atoms with Gasteiger partial charge in [-0.1, -0.05) is 23.9 Å². The van der Waals surface area contributed by atoms with E-state index in [0.717, 1.165) is 42.6 Å². The van der Waals surface area contributed by atoms with Crippen LogP contribution >= 0.6 is 11.8 Å². The third-order valence-corrected chi connectivity index (χ3v) is 9.01. The Kier molecular flexibility index (Phi) is 5.28. The molecule has 0 spiro atoms. The number of rotatable bonds is 5. The van der Waals surface area contributed by atoms with Gasteiger partial charge in [0.1, 0.15) is 5.82 Å². The summed E-state index contributed by atoms with van der Waals surface area (Å²) in [7, 11) is 0. The number of carbonyl (C=O) groups excluding carboxylic acids is 1. The average Bonchev–Trinajstić information content (AvgIpc) is 2.78. The highest BCUT2D eigenvalue weighted by Gasteiger charge is 2.51. The standard InChI is InChI=1S/C27H30N4O2S/c1-16-7-8-28-23(9-16)31-25(33)21-5-3-4-6-22(21)29-26(31)34-17(2)24(32)30-27-13-18-10-19(14-27)12-20(11-18)15-27/h3-9,17-20H,10-15H2,1-2H3,(H,30,32). The van der Waals surface area contributed by atoms with Crippen molar-refractivity contribution >= 4 is 28.6 Å². The maximum Gasteiger partial charge on any atom is 0.267 e. The molecule has 4 fully saturated rings. The molecule has 176 valence electrons. The molecule has 1 aromatic carbocycles. The first-order valence-electron chi connectivity index (χ1n) is 12.3. The number of aryl methyl sites for hydroxylation is 1. The topological polar surface area (TPSA) is 76.9 Å². The summed E-state index contributed by atoms with van der Waals surface area (Å²) in [5.41, 5.74) is 1.44. The van der Waals surface area contributed by atoms with Crippen LogP contribution in [0.15, 0.2) is 52.5 Å². The van der Waals surface area contributed by atoms with E-state index in [9.17, 15) is 9.59 Å². The number of carbonyl (C=O) groups is 1. The van der Waals surface area contributed by atoms with E-state index >= 15 is 0 Å². The summed E-state index contributed by atoms with van der Waals surface area (Å²) in [4.78, 5) is 36.1. The van der Waals surface area contributed by atoms with Crippen LogP contribution in [0.3, 0.4) is 0 Å². The average molecular weight is 475 g/mol. The van der Waals surface area contributed by atoms with Gasteiger partial charge in [-0.3, -0.25) is 9.59 Å². The van der Waals surface area contributed by atoms with Crippen molar-refractivity contribution in [2.24, 2.45) is 17.8 Å². The molecule has 3 aromatic rings. The lowest BCUT2D eigenvalue weighted by molar-refractivity contribution is -0.126. The van der Waals surface area contributed by atoms with Crippen molar-refractivity contribution in [3.8, 4) is 5.82 Å². The Bertz CT molecular complexity index is 1300. The summed E-state index contributed by atoms with van der Waals surface area (Å²) >= 11 is 1.34. The maximum absolute atomic E-state index is 13.5. The van der Waals surface area contributed by atoms with Crippen molar-refractivity contribution < 1.29 is 4.79 Å². The molecule has 1 N–H and O–H groups in total. The van der Waals surface area contributed by atoms with Gasteiger partial charge in [0, 0.05) is 11.7 Å². The molecule has 0 radical (unpaired) electrons. The van der Waals surface area contributed by atoms with Crippen molar-refractivity contribution in [2.75, 3.05) is 0 Å². The van der Waals surface area contributed by atoms with Crippen molar-refractivity contribution in [3.63, 3.8) is 0 Å². The SMILES string of the molecule is Cc1ccnc(-n2c(SC(C)C(=O)NC34CC5CC(CC(C5)C3)C4)nc3ccccc3c2=O)c1. The second-order valence-electron chi connectivity index (χ2n) is 10.7. The van der Waals surface area contributed by atoms with Crippen LogP contribution in [0.4, 0.5) is 0 Å². The first-order chi connectivity index (χ1) is 16.4. The summed E-state index contributed by atoms with van der Waals surface area (Å²) < 4.78 is 1.55. The molecule has 0 saturated heterocycles. The molecule has 4 saturated carbocycles. The van der Waals surface area contributed by atoms with Crippen LogP contribution in [-0.4, -0.2) is 31.2 Å². The van der Waals surface area contributed by atoms with Crippen LogP contribution in [-0.2, 0) is 4.79 Å². The van der Waals surface area contributed by atoms with Crippen molar-refractivity contribution in [3.05, 3.63) is 58.5 Å². The second-order valence-corrected chi connectivity index (χ2v) is 12.0. The minimum absolute atomic E-state index is 0.0325. The Balaban J connectivity index is 1.31. The summed E-state index contributed by atoms with van der Waals surface area (Å²) in [5, 5.41) is 4.13. The molecule has 34 heavy (non-hydrogen) atoms. The number of thioether (sulfide) groups is 1. The van der Waals surface area contributed by atoms with Gasteiger partial charge in [-0.05, 0) is 100.0 Å². The molecule has 1 amide bonds. The zero-order valence-corrected chi connectivity index (χ0v) is 20.5. The first kappa shape index (κ1) is 21.8. The van der Waals surface area contributed by atoms with E-state index in [4.69, 9.17) is 4.98 Å². The molecule has 7 rings (SSSR count). The number of nitrogens with zero attached hydrogens (tertiary/aromatic N) is 3. The van der Waals surface area contributed by atoms with Crippen LogP contribution in [0.1, 0.15) is 51.0 Å². The Labute approximate surface area is 203 Å². The largest absolute Gasteiger partial charge is 0.350 e. The van der Waals surface area contributed by atoms with Gasteiger partial charge in [-0.25, -0.2) is 14.5 Å². The number of pyridine rings is 1. The van der Waals surface area contributed by atoms with Gasteiger partial charge < -0.3 is 5.32 Å². The molecule has 4 aliphatic carbocycles. The van der Waals surface area contributed by atoms with E-state index in [1.165, 1.54) is 31.0 Å². The van der Waals surface area contributed by atoms with Gasteiger partial charge >= 0.3 is 0 Å². The Hall–Kier alpha value is -2.67. The van der Waals surface area contributed by atoms with Crippen molar-refractivity contribution in [1.29, 1.82) is 0 Å². The van der Waals surface area contributed by atoms with E-state index < -0.39 is 0 Å². The Morgan fingerprint density at radius 3 is 2.47 bits per heavy atom. The first-order valence-corrected chi connectivity index (χ1v) is 13.2. The molecule has 2 aromatic heterocycles. The summed E-state index contributed by atoms with van der Waals surface area (Å²) in [6.07, 6.45) is 9.09. The highest BCUT2D eigenvalue weighted by molar-refractivity contribution is 8.00. The number of hydrogen-bond acceptors (Lipinski definition) is 5. The van der Waals surface area contributed by atoms with Crippen molar-refractivity contribution in [1.82, 2.24) is 19.9 Å². The normalized spacial score (nSPS) is 28.2. The lowest BCUT2D eigenvalue weighted by Gasteiger charge is -2.57. The monoisotopic (exact) mass is 474 g/mol. The van der Waals surface area contributed by atoms with Crippen LogP contribution in [0.2, 0.25) is 0 Å². The summed E-state index contributed by atoms with van der Waals surface area (Å²) in [6, 6.07) is 11.1. The number of nitrogens with one attached hydrogen (secondary N) is 1. The number of para-hydroxylation sites is 1. The van der Waals surface area contributed by atoms with E-state index in [1.54, 1.807) is 16.8 Å². The minimum atomic E-state index is -0.378. The maximum atomic E-state index is 13.5. The Morgan fingerprint density at radius 1 is 1.12 bits per heavy atom. The van der Waals surface area contributed by atoms with E-state index in [1.807, 2.05) is 44.2 Å². The lowest BCUT2D eigenvalue weighted by atomic mass is 9.53. The predicted octanol–water partition coefficient (Wildman–Crippen LogP) is 4.65. The molecule has 1 atom stereocenters. The number of benzene rings is 1. The number of amides is 1. The molecule has 1 unspecified atom stereocenters. The molecule has 4 aliphatic rings. The molecule has 7 heteroatoms.